The van der Waals surface area contributed by atoms with Crippen molar-refractivity contribution in [2.24, 2.45) is 0 Å². The van der Waals surface area contributed by atoms with Crippen molar-refractivity contribution < 1.29 is 0 Å². The molecule has 0 spiro atoms. The van der Waals surface area contributed by atoms with E-state index in [0.717, 1.165) is 17.1 Å². The lowest BCUT2D eigenvalue weighted by atomic mass is 9.96. The summed E-state index contributed by atoms with van der Waals surface area (Å²) in [4.78, 5) is 0. The number of H-pyrrole nitrogens is 1. The van der Waals surface area contributed by atoms with Crippen molar-refractivity contribution in [2.75, 3.05) is 6.54 Å². The minimum atomic E-state index is 0.395. The van der Waals surface area contributed by atoms with Gasteiger partial charge in [0.1, 0.15) is 0 Å². The Kier molecular flexibility index (Phi) is 3.35. The summed E-state index contributed by atoms with van der Waals surface area (Å²) in [5.41, 5.74) is 3.53. The van der Waals surface area contributed by atoms with Gasteiger partial charge in [0, 0.05) is 16.6 Å². The first-order chi connectivity index (χ1) is 8.84. The monoisotopic (exact) mass is 261 g/mol. The van der Waals surface area contributed by atoms with E-state index in [1.54, 1.807) is 0 Å². The van der Waals surface area contributed by atoms with Gasteiger partial charge in [0.2, 0.25) is 0 Å². The number of nitrogens with zero attached hydrogens (tertiary/aromatic N) is 1. The zero-order valence-corrected chi connectivity index (χ0v) is 10.9. The predicted molar refractivity (Wildman–Crippen MR) is 73.6 cm³/mol. The largest absolute Gasteiger partial charge is 0.309 e. The second-order valence-corrected chi connectivity index (χ2v) is 5.14. The molecule has 1 unspecified atom stereocenters. The van der Waals surface area contributed by atoms with E-state index < -0.39 is 0 Å². The predicted octanol–water partition coefficient (Wildman–Crippen LogP) is 3.54. The topological polar surface area (TPSA) is 40.7 Å². The molecule has 0 amide bonds. The van der Waals surface area contributed by atoms with Gasteiger partial charge in [0.05, 0.1) is 11.9 Å². The lowest BCUT2D eigenvalue weighted by molar-refractivity contribution is 0.405. The number of benzene rings is 1. The number of piperidine rings is 1. The number of hydrogen-bond donors (Lipinski definition) is 2. The summed E-state index contributed by atoms with van der Waals surface area (Å²) in [7, 11) is 0. The van der Waals surface area contributed by atoms with Gasteiger partial charge in [-0.15, -0.1) is 0 Å². The van der Waals surface area contributed by atoms with Crippen LogP contribution in [0.15, 0.2) is 30.5 Å². The maximum Gasteiger partial charge on any atom is 0.0599 e. The maximum atomic E-state index is 5.93. The van der Waals surface area contributed by atoms with Crippen molar-refractivity contribution in [3.63, 3.8) is 0 Å². The van der Waals surface area contributed by atoms with E-state index in [-0.39, 0.29) is 0 Å². The molecule has 1 aliphatic rings. The van der Waals surface area contributed by atoms with Crippen LogP contribution in [-0.4, -0.2) is 16.7 Å². The normalized spacial score (nSPS) is 19.9. The molecule has 2 N–H and O–H groups in total. The van der Waals surface area contributed by atoms with Gasteiger partial charge in [0.25, 0.3) is 0 Å². The highest BCUT2D eigenvalue weighted by atomic mass is 35.5. The summed E-state index contributed by atoms with van der Waals surface area (Å²) in [5.74, 6) is 0. The quantitative estimate of drug-likeness (QED) is 0.868. The van der Waals surface area contributed by atoms with Crippen LogP contribution in [0.25, 0.3) is 11.1 Å². The summed E-state index contributed by atoms with van der Waals surface area (Å²) in [6, 6.07) is 8.31. The number of nitrogens with one attached hydrogen (secondary N) is 2. The summed E-state index contributed by atoms with van der Waals surface area (Å²) in [5, 5.41) is 11.7. The molecule has 0 saturated carbocycles. The van der Waals surface area contributed by atoms with Crippen molar-refractivity contribution in [1.82, 2.24) is 15.5 Å². The van der Waals surface area contributed by atoms with Crippen LogP contribution in [0, 0.1) is 0 Å². The van der Waals surface area contributed by atoms with Crippen LogP contribution < -0.4 is 5.32 Å². The molecular weight excluding hydrogens is 246 g/mol. The second kappa shape index (κ2) is 5.12. The van der Waals surface area contributed by atoms with E-state index in [9.17, 15) is 0 Å². The van der Waals surface area contributed by atoms with Crippen LogP contribution in [-0.2, 0) is 0 Å². The Morgan fingerprint density at radius 1 is 1.17 bits per heavy atom. The molecule has 2 heterocycles. The molecule has 1 aromatic heterocycles. The molecule has 0 bridgehead atoms. The van der Waals surface area contributed by atoms with Crippen LogP contribution in [0.2, 0.25) is 5.02 Å². The maximum absolute atomic E-state index is 5.93. The van der Waals surface area contributed by atoms with Gasteiger partial charge in [-0.3, -0.25) is 5.10 Å². The molecule has 1 saturated heterocycles. The number of hydrogen-bond acceptors (Lipinski definition) is 2. The highest BCUT2D eigenvalue weighted by Crippen LogP contribution is 2.30. The SMILES string of the molecule is Clc1ccc(-c2cn[nH]c2C2CCCCN2)cc1. The highest BCUT2D eigenvalue weighted by Gasteiger charge is 2.20. The van der Waals surface area contributed by atoms with Gasteiger partial charge in [-0.05, 0) is 37.1 Å². The Morgan fingerprint density at radius 2 is 2.00 bits per heavy atom. The van der Waals surface area contributed by atoms with Gasteiger partial charge in [-0.25, -0.2) is 0 Å². The van der Waals surface area contributed by atoms with Crippen molar-refractivity contribution in [2.45, 2.75) is 25.3 Å². The minimum Gasteiger partial charge on any atom is -0.309 e. The lowest BCUT2D eigenvalue weighted by Gasteiger charge is -2.23. The number of halogens is 1. The minimum absolute atomic E-state index is 0.395. The smallest absolute Gasteiger partial charge is 0.0599 e. The molecule has 94 valence electrons. The first kappa shape index (κ1) is 11.8. The highest BCUT2D eigenvalue weighted by molar-refractivity contribution is 6.30. The molecule has 0 aliphatic carbocycles. The van der Waals surface area contributed by atoms with E-state index in [1.165, 1.54) is 30.5 Å². The van der Waals surface area contributed by atoms with Crippen molar-refractivity contribution in [3.05, 3.63) is 41.2 Å². The van der Waals surface area contributed by atoms with E-state index in [4.69, 9.17) is 11.6 Å². The average Bonchev–Trinajstić information content (AvgIpc) is 2.90. The third-order valence-electron chi connectivity index (χ3n) is 3.48. The Balaban J connectivity index is 1.93. The Morgan fingerprint density at radius 3 is 2.72 bits per heavy atom. The van der Waals surface area contributed by atoms with E-state index in [0.29, 0.717) is 6.04 Å². The Labute approximate surface area is 112 Å². The molecule has 1 atom stereocenters. The van der Waals surface area contributed by atoms with Crippen LogP contribution in [0.1, 0.15) is 31.0 Å². The Bertz CT molecular complexity index is 512. The molecule has 3 rings (SSSR count). The molecule has 18 heavy (non-hydrogen) atoms. The van der Waals surface area contributed by atoms with Gasteiger partial charge in [0.15, 0.2) is 0 Å². The molecular formula is C14H16ClN3. The molecule has 1 aliphatic heterocycles. The third kappa shape index (κ3) is 2.28. The molecule has 4 heteroatoms. The standard InChI is InChI=1S/C14H16ClN3/c15-11-6-4-10(5-7-11)12-9-17-18-14(12)13-3-1-2-8-16-13/h4-7,9,13,16H,1-3,8H2,(H,17,18). The fourth-order valence-electron chi connectivity index (χ4n) is 2.52. The van der Waals surface area contributed by atoms with Gasteiger partial charge in [-0.1, -0.05) is 30.2 Å². The third-order valence-corrected chi connectivity index (χ3v) is 3.73. The summed E-state index contributed by atoms with van der Waals surface area (Å²) < 4.78 is 0. The summed E-state index contributed by atoms with van der Waals surface area (Å²) >= 11 is 5.93. The van der Waals surface area contributed by atoms with E-state index in [2.05, 4.69) is 15.5 Å². The zero-order valence-electron chi connectivity index (χ0n) is 10.1. The van der Waals surface area contributed by atoms with Gasteiger partial charge < -0.3 is 5.32 Å². The fourth-order valence-corrected chi connectivity index (χ4v) is 2.65. The van der Waals surface area contributed by atoms with Crippen molar-refractivity contribution >= 4 is 11.6 Å². The lowest BCUT2D eigenvalue weighted by Crippen LogP contribution is -2.27. The average molecular weight is 262 g/mol. The van der Waals surface area contributed by atoms with Crippen LogP contribution in [0.4, 0.5) is 0 Å². The fraction of sp³-hybridized carbons (Fsp3) is 0.357. The first-order valence-corrected chi connectivity index (χ1v) is 6.75. The molecule has 3 nitrogen and oxygen atoms in total. The van der Waals surface area contributed by atoms with E-state index >= 15 is 0 Å². The molecule has 1 aromatic carbocycles. The number of rotatable bonds is 2. The number of aromatic amines is 1. The molecule has 0 radical (unpaired) electrons. The van der Waals surface area contributed by atoms with Crippen molar-refractivity contribution in [3.8, 4) is 11.1 Å². The van der Waals surface area contributed by atoms with E-state index in [1.807, 2.05) is 30.5 Å². The van der Waals surface area contributed by atoms with Gasteiger partial charge in [-0.2, -0.15) is 5.10 Å². The van der Waals surface area contributed by atoms with Crippen LogP contribution in [0.3, 0.4) is 0 Å². The number of aromatic nitrogens is 2. The van der Waals surface area contributed by atoms with Gasteiger partial charge >= 0.3 is 0 Å². The second-order valence-electron chi connectivity index (χ2n) is 4.71. The first-order valence-electron chi connectivity index (χ1n) is 6.37. The zero-order chi connectivity index (χ0) is 12.4. The van der Waals surface area contributed by atoms with Crippen LogP contribution in [0.5, 0.6) is 0 Å². The summed E-state index contributed by atoms with van der Waals surface area (Å²) in [6.07, 6.45) is 5.61. The van der Waals surface area contributed by atoms with Crippen molar-refractivity contribution in [1.29, 1.82) is 0 Å². The Hall–Kier alpha value is -1.32. The molecule has 2 aromatic rings. The summed E-state index contributed by atoms with van der Waals surface area (Å²) in [6.45, 7) is 1.09. The molecule has 1 fully saturated rings. The van der Waals surface area contributed by atoms with Crippen LogP contribution >= 0.6 is 11.6 Å².